The number of rotatable bonds is 7. The number of nitrogens with zero attached hydrogens (tertiary/aromatic N) is 1. The summed E-state index contributed by atoms with van der Waals surface area (Å²) in [4.78, 5) is 30.3. The van der Waals surface area contributed by atoms with E-state index in [1.54, 1.807) is 43.8 Å². The number of thiophene rings is 1. The summed E-state index contributed by atoms with van der Waals surface area (Å²) in [6.07, 6.45) is 6.23. The molecule has 0 radical (unpaired) electrons. The first-order valence-corrected chi connectivity index (χ1v) is 14.1. The van der Waals surface area contributed by atoms with Crippen LogP contribution >= 0.6 is 11.3 Å². The summed E-state index contributed by atoms with van der Waals surface area (Å²) in [5, 5.41) is 6.81. The summed E-state index contributed by atoms with van der Waals surface area (Å²) in [6, 6.07) is 5.71. The van der Waals surface area contributed by atoms with Gasteiger partial charge in [0.1, 0.15) is 16.5 Å². The van der Waals surface area contributed by atoms with Gasteiger partial charge in [0, 0.05) is 17.0 Å². The summed E-state index contributed by atoms with van der Waals surface area (Å²) < 4.78 is 10.8. The van der Waals surface area contributed by atoms with Gasteiger partial charge in [-0.15, -0.1) is 11.3 Å². The first-order valence-electron chi connectivity index (χ1n) is 13.3. The number of carbonyl (C=O) groups is 2. The van der Waals surface area contributed by atoms with Crippen molar-refractivity contribution >= 4 is 33.8 Å². The summed E-state index contributed by atoms with van der Waals surface area (Å²) >= 11 is 1.57. The number of hydrogen-bond acceptors (Lipinski definition) is 6. The van der Waals surface area contributed by atoms with Crippen molar-refractivity contribution in [3.05, 3.63) is 34.2 Å². The Morgan fingerprint density at radius 1 is 1.11 bits per heavy atom. The molecule has 37 heavy (non-hydrogen) atoms. The molecule has 0 bridgehead atoms. The number of fused-ring (bicyclic) bond motifs is 1. The molecule has 2 aromatic rings. The Morgan fingerprint density at radius 2 is 1.89 bits per heavy atom. The van der Waals surface area contributed by atoms with Crippen LogP contribution in [-0.2, 0) is 17.6 Å². The van der Waals surface area contributed by atoms with Gasteiger partial charge in [-0.1, -0.05) is 27.2 Å². The van der Waals surface area contributed by atoms with Crippen molar-refractivity contribution in [2.45, 2.75) is 72.3 Å². The van der Waals surface area contributed by atoms with Crippen molar-refractivity contribution in [3.8, 4) is 11.5 Å². The normalized spacial score (nSPS) is 20.2. The molecule has 1 fully saturated rings. The van der Waals surface area contributed by atoms with E-state index in [0.717, 1.165) is 44.2 Å². The van der Waals surface area contributed by atoms with E-state index in [1.807, 2.05) is 0 Å². The molecule has 0 unspecified atom stereocenters. The number of amides is 2. The summed E-state index contributed by atoms with van der Waals surface area (Å²) in [6.45, 7) is 10.3. The number of nitrogens with one attached hydrogen (secondary N) is 2. The van der Waals surface area contributed by atoms with Crippen LogP contribution in [0.1, 0.15) is 74.2 Å². The molecule has 4 rings (SSSR count). The molecule has 8 heteroatoms. The van der Waals surface area contributed by atoms with Crippen LogP contribution in [0.3, 0.4) is 0 Å². The Balaban J connectivity index is 1.62. The third kappa shape index (κ3) is 6.29. The van der Waals surface area contributed by atoms with Crippen LogP contribution in [0.4, 0.5) is 10.7 Å². The lowest BCUT2D eigenvalue weighted by Gasteiger charge is -2.33. The number of benzene rings is 1. The first kappa shape index (κ1) is 27.5. The maximum atomic E-state index is 13.7. The van der Waals surface area contributed by atoms with Crippen LogP contribution in [0.25, 0.3) is 0 Å². The smallest absolute Gasteiger partial charge is 0.259 e. The van der Waals surface area contributed by atoms with Crippen LogP contribution in [0, 0.1) is 11.3 Å². The van der Waals surface area contributed by atoms with Gasteiger partial charge in [0.2, 0.25) is 5.91 Å². The lowest BCUT2D eigenvalue weighted by molar-refractivity contribution is -0.118. The van der Waals surface area contributed by atoms with Crippen molar-refractivity contribution in [1.82, 2.24) is 4.90 Å². The summed E-state index contributed by atoms with van der Waals surface area (Å²) in [5.74, 6) is 1.42. The molecule has 1 aliphatic heterocycles. The molecule has 1 aromatic carbocycles. The Labute approximate surface area is 224 Å². The Morgan fingerprint density at radius 3 is 2.57 bits per heavy atom. The number of likely N-dealkylation sites (tertiary alicyclic amines) is 1. The van der Waals surface area contributed by atoms with Crippen LogP contribution in [0.2, 0.25) is 0 Å². The van der Waals surface area contributed by atoms with Crippen molar-refractivity contribution in [2.75, 3.05) is 37.9 Å². The van der Waals surface area contributed by atoms with E-state index < -0.39 is 0 Å². The first-order chi connectivity index (χ1) is 17.6. The molecule has 7 nitrogen and oxygen atoms in total. The highest BCUT2D eigenvalue weighted by atomic mass is 32.1. The topological polar surface area (TPSA) is 79.9 Å². The monoisotopic (exact) mass is 527 g/mol. The van der Waals surface area contributed by atoms with Crippen LogP contribution in [0.5, 0.6) is 11.5 Å². The Hall–Kier alpha value is -2.58. The number of hydrogen-bond donors (Lipinski definition) is 2. The Bertz CT molecular complexity index is 1140. The van der Waals surface area contributed by atoms with Crippen molar-refractivity contribution in [2.24, 2.45) is 11.3 Å². The zero-order valence-corrected chi connectivity index (χ0v) is 23.8. The minimum Gasteiger partial charge on any atom is -0.497 e. The predicted octanol–water partition coefficient (Wildman–Crippen LogP) is 5.98. The van der Waals surface area contributed by atoms with Crippen molar-refractivity contribution < 1.29 is 19.1 Å². The van der Waals surface area contributed by atoms with Crippen molar-refractivity contribution in [3.63, 3.8) is 0 Å². The van der Waals surface area contributed by atoms with Gasteiger partial charge in [-0.3, -0.25) is 14.5 Å². The van der Waals surface area contributed by atoms with Gasteiger partial charge in [0.25, 0.3) is 5.91 Å². The van der Waals surface area contributed by atoms with Gasteiger partial charge in [-0.2, -0.15) is 0 Å². The highest BCUT2D eigenvalue weighted by Crippen LogP contribution is 2.44. The van der Waals surface area contributed by atoms with E-state index in [-0.39, 0.29) is 17.2 Å². The fraction of sp³-hybridized carbons (Fsp3) is 0.586. The van der Waals surface area contributed by atoms with Gasteiger partial charge in [-0.25, -0.2) is 0 Å². The van der Waals surface area contributed by atoms with Gasteiger partial charge in [0.15, 0.2) is 0 Å². The molecule has 1 aliphatic carbocycles. The van der Waals surface area contributed by atoms with E-state index in [4.69, 9.17) is 9.47 Å². The minimum atomic E-state index is -0.225. The lowest BCUT2D eigenvalue weighted by atomic mass is 9.72. The molecule has 1 aromatic heterocycles. The largest absolute Gasteiger partial charge is 0.497 e. The van der Waals surface area contributed by atoms with E-state index >= 15 is 0 Å². The van der Waals surface area contributed by atoms with E-state index in [2.05, 4.69) is 43.2 Å². The molecule has 0 spiro atoms. The third-order valence-corrected chi connectivity index (χ3v) is 9.08. The molecule has 2 aliphatic rings. The average Bonchev–Trinajstić information content (AvgIpc) is 3.22. The molecule has 2 amide bonds. The van der Waals surface area contributed by atoms with E-state index in [9.17, 15) is 9.59 Å². The molecular weight excluding hydrogens is 486 g/mol. The third-order valence-electron chi connectivity index (χ3n) is 7.91. The van der Waals surface area contributed by atoms with E-state index in [1.165, 1.54) is 11.3 Å². The van der Waals surface area contributed by atoms with Crippen molar-refractivity contribution in [1.29, 1.82) is 0 Å². The fourth-order valence-electron chi connectivity index (χ4n) is 5.48. The molecule has 0 saturated carbocycles. The summed E-state index contributed by atoms with van der Waals surface area (Å²) in [5.41, 5.74) is 2.41. The molecular formula is C29H41N3O4S. The van der Waals surface area contributed by atoms with Crippen LogP contribution in [0.15, 0.2) is 18.2 Å². The van der Waals surface area contributed by atoms with Gasteiger partial charge < -0.3 is 20.1 Å². The number of ether oxygens (including phenoxy) is 2. The average molecular weight is 528 g/mol. The van der Waals surface area contributed by atoms with Gasteiger partial charge in [0.05, 0.1) is 32.0 Å². The van der Waals surface area contributed by atoms with E-state index in [0.29, 0.717) is 46.3 Å². The quantitative estimate of drug-likeness (QED) is 0.463. The van der Waals surface area contributed by atoms with Crippen LogP contribution in [-0.4, -0.2) is 50.1 Å². The number of piperidine rings is 1. The Kier molecular flexibility index (Phi) is 8.49. The minimum absolute atomic E-state index is 0.0594. The zero-order valence-electron chi connectivity index (χ0n) is 23.0. The second kappa shape index (κ2) is 11.4. The number of methoxy groups -OCH3 is 2. The molecule has 202 valence electrons. The molecule has 2 atom stereocenters. The summed E-state index contributed by atoms with van der Waals surface area (Å²) in [7, 11) is 3.16. The lowest BCUT2D eigenvalue weighted by Crippen LogP contribution is -2.42. The van der Waals surface area contributed by atoms with Gasteiger partial charge >= 0.3 is 0 Å². The SMILES string of the molecule is COc1ccc(NC(=O)c2c(NC(=O)CN3CCCC[C@@H]3C)sc3c2CC[C@H](C(C)(C)C)C3)c(OC)c1. The highest BCUT2D eigenvalue weighted by molar-refractivity contribution is 7.17. The maximum Gasteiger partial charge on any atom is 0.259 e. The predicted molar refractivity (Wildman–Crippen MR) is 150 cm³/mol. The zero-order chi connectivity index (χ0) is 26.7. The van der Waals surface area contributed by atoms with Gasteiger partial charge in [-0.05, 0) is 74.6 Å². The second-order valence-electron chi connectivity index (χ2n) is 11.4. The standard InChI is InChI=1S/C29H41N3O4S/c1-18-9-7-8-14-32(18)17-25(33)31-28-26(21-12-10-19(29(2,3)4)15-24(21)37-28)27(34)30-22-13-11-20(35-5)16-23(22)36-6/h11,13,16,18-19H,7-10,12,14-15,17H2,1-6H3,(H,30,34)(H,31,33)/t18-,19-/m0/s1. The fourth-order valence-corrected chi connectivity index (χ4v) is 6.82. The number of carbonyl (C=O) groups excluding carboxylic acids is 2. The highest BCUT2D eigenvalue weighted by Gasteiger charge is 2.34. The number of anilines is 2. The molecule has 1 saturated heterocycles. The molecule has 2 heterocycles. The second-order valence-corrected chi connectivity index (χ2v) is 12.5. The molecule has 2 N–H and O–H groups in total. The maximum absolute atomic E-state index is 13.7. The van der Waals surface area contributed by atoms with Crippen LogP contribution < -0.4 is 20.1 Å².